The van der Waals surface area contributed by atoms with Gasteiger partial charge in [0.25, 0.3) is 0 Å². The number of sulfonamides is 1. The summed E-state index contributed by atoms with van der Waals surface area (Å²) in [5.41, 5.74) is 0. The molecule has 6 atom stereocenters. The summed E-state index contributed by atoms with van der Waals surface area (Å²) in [6, 6.07) is -0.232. The van der Waals surface area contributed by atoms with Crippen LogP contribution in [-0.2, 0) is 24.3 Å². The molecule has 172 valence electrons. The molecule has 6 nitrogen and oxygen atoms in total. The van der Waals surface area contributed by atoms with Gasteiger partial charge >= 0.3 is 0 Å². The maximum absolute atomic E-state index is 13.4. The summed E-state index contributed by atoms with van der Waals surface area (Å²) >= 11 is 0. The Morgan fingerprint density at radius 2 is 1.73 bits per heavy atom. The number of ether oxygens (including phenoxy) is 2. The molecule has 4 aliphatic rings. The summed E-state index contributed by atoms with van der Waals surface area (Å²) in [5.74, 6) is 0.253. The lowest BCUT2D eigenvalue weighted by Gasteiger charge is -2.45. The van der Waals surface area contributed by atoms with E-state index in [-0.39, 0.29) is 42.0 Å². The molecule has 3 saturated carbocycles. The van der Waals surface area contributed by atoms with Crippen molar-refractivity contribution in [2.45, 2.75) is 113 Å². The van der Waals surface area contributed by atoms with E-state index in [2.05, 4.69) is 4.72 Å². The van der Waals surface area contributed by atoms with Crippen LogP contribution in [0.4, 0.5) is 4.39 Å². The highest BCUT2D eigenvalue weighted by Gasteiger charge is 2.46. The molecule has 4 rings (SSSR count). The van der Waals surface area contributed by atoms with Gasteiger partial charge in [0.2, 0.25) is 10.0 Å². The number of nitrogens with one attached hydrogen (secondary N) is 1. The number of carbonyl (C=O) groups is 1. The van der Waals surface area contributed by atoms with Gasteiger partial charge in [-0.25, -0.2) is 17.5 Å². The highest BCUT2D eigenvalue weighted by atomic mass is 32.2. The Hall–Kier alpha value is -0.570. The van der Waals surface area contributed by atoms with Crippen molar-refractivity contribution in [3.05, 3.63) is 0 Å². The molecular weight excluding hydrogens is 409 g/mol. The molecule has 0 radical (unpaired) electrons. The first kappa shape index (κ1) is 22.6. The predicted molar refractivity (Wildman–Crippen MR) is 111 cm³/mol. The van der Waals surface area contributed by atoms with Gasteiger partial charge in [-0.1, -0.05) is 12.8 Å². The van der Waals surface area contributed by atoms with Crippen LogP contribution in [0.2, 0.25) is 0 Å². The van der Waals surface area contributed by atoms with E-state index in [1.165, 1.54) is 0 Å². The number of ketones is 1. The van der Waals surface area contributed by atoms with Crippen LogP contribution in [0.3, 0.4) is 0 Å². The molecule has 0 amide bonds. The first-order chi connectivity index (χ1) is 14.4. The van der Waals surface area contributed by atoms with Crippen LogP contribution in [-0.4, -0.2) is 57.1 Å². The van der Waals surface area contributed by atoms with Crippen LogP contribution in [0.5, 0.6) is 0 Å². The fourth-order valence-electron chi connectivity index (χ4n) is 6.13. The third-order valence-corrected chi connectivity index (χ3v) is 9.87. The molecule has 4 fully saturated rings. The summed E-state index contributed by atoms with van der Waals surface area (Å²) in [6.45, 7) is 0. The largest absolute Gasteiger partial charge is 0.381 e. The summed E-state index contributed by atoms with van der Waals surface area (Å²) in [5, 5.41) is -0.512. The van der Waals surface area contributed by atoms with E-state index in [0.29, 0.717) is 51.4 Å². The van der Waals surface area contributed by atoms with Crippen molar-refractivity contribution < 1.29 is 27.1 Å². The van der Waals surface area contributed by atoms with Gasteiger partial charge < -0.3 is 9.47 Å². The van der Waals surface area contributed by atoms with E-state index in [0.717, 1.165) is 25.7 Å². The Bertz CT molecular complexity index is 708. The second-order valence-electron chi connectivity index (χ2n) is 9.76. The summed E-state index contributed by atoms with van der Waals surface area (Å²) in [7, 11) is -1.74. The number of hydrogen-bond donors (Lipinski definition) is 1. The summed E-state index contributed by atoms with van der Waals surface area (Å²) < 4.78 is 53.8. The zero-order chi connectivity index (χ0) is 21.3. The minimum atomic E-state index is -3.49. The van der Waals surface area contributed by atoms with Gasteiger partial charge in [0.15, 0.2) is 0 Å². The van der Waals surface area contributed by atoms with Crippen molar-refractivity contribution in [3.8, 4) is 0 Å². The highest BCUT2D eigenvalue weighted by molar-refractivity contribution is 7.90. The number of rotatable bonds is 5. The Morgan fingerprint density at radius 1 is 1.00 bits per heavy atom. The fourth-order valence-corrected chi connectivity index (χ4v) is 7.89. The Kier molecular flexibility index (Phi) is 7.17. The Balaban J connectivity index is 1.34. The van der Waals surface area contributed by atoms with Crippen molar-refractivity contribution >= 4 is 15.8 Å². The number of carbonyl (C=O) groups excluding carboxylic acids is 1. The van der Waals surface area contributed by atoms with E-state index in [1.807, 2.05) is 0 Å². The topological polar surface area (TPSA) is 81.7 Å². The smallest absolute Gasteiger partial charge is 0.214 e. The Morgan fingerprint density at radius 3 is 2.47 bits per heavy atom. The first-order valence-corrected chi connectivity index (χ1v) is 13.3. The van der Waals surface area contributed by atoms with Crippen LogP contribution in [0.15, 0.2) is 0 Å². The molecule has 1 aliphatic heterocycles. The van der Waals surface area contributed by atoms with E-state index in [1.54, 1.807) is 7.11 Å². The second kappa shape index (κ2) is 9.51. The van der Waals surface area contributed by atoms with Gasteiger partial charge in [-0.2, -0.15) is 0 Å². The maximum Gasteiger partial charge on any atom is 0.214 e. The van der Waals surface area contributed by atoms with E-state index < -0.39 is 21.4 Å². The molecule has 0 aromatic heterocycles. The lowest BCUT2D eigenvalue weighted by molar-refractivity contribution is -0.167. The van der Waals surface area contributed by atoms with Gasteiger partial charge in [0.05, 0.1) is 23.6 Å². The molecule has 0 bridgehead atoms. The lowest BCUT2D eigenvalue weighted by atomic mass is 9.74. The molecule has 6 unspecified atom stereocenters. The maximum atomic E-state index is 13.4. The van der Waals surface area contributed by atoms with Crippen molar-refractivity contribution in [1.29, 1.82) is 0 Å². The third kappa shape index (κ3) is 4.92. The molecule has 1 N–H and O–H groups in total. The monoisotopic (exact) mass is 445 g/mol. The number of methoxy groups -OCH3 is 1. The van der Waals surface area contributed by atoms with Gasteiger partial charge in [-0.05, 0) is 57.8 Å². The second-order valence-corrected chi connectivity index (χ2v) is 11.8. The van der Waals surface area contributed by atoms with Crippen LogP contribution in [0.1, 0.15) is 77.0 Å². The lowest BCUT2D eigenvalue weighted by Crippen LogP contribution is -2.53. The molecule has 3 aliphatic carbocycles. The van der Waals surface area contributed by atoms with Crippen molar-refractivity contribution in [3.63, 3.8) is 0 Å². The van der Waals surface area contributed by atoms with E-state index >= 15 is 0 Å². The van der Waals surface area contributed by atoms with Gasteiger partial charge in [0, 0.05) is 31.4 Å². The van der Waals surface area contributed by atoms with Crippen molar-refractivity contribution in [2.75, 3.05) is 7.11 Å². The number of hydrogen-bond acceptors (Lipinski definition) is 5. The molecule has 0 aromatic rings. The minimum Gasteiger partial charge on any atom is -0.381 e. The van der Waals surface area contributed by atoms with Gasteiger partial charge in [0.1, 0.15) is 12.0 Å². The predicted octanol–water partition coefficient (Wildman–Crippen LogP) is 3.29. The Labute approximate surface area is 179 Å². The third-order valence-electron chi connectivity index (χ3n) is 7.86. The van der Waals surface area contributed by atoms with Crippen LogP contribution < -0.4 is 4.72 Å². The molecule has 0 aromatic carbocycles. The average Bonchev–Trinajstić information content (AvgIpc) is 2.74. The molecular formula is C22H36FNO5S. The minimum absolute atomic E-state index is 0.0758. The van der Waals surface area contributed by atoms with E-state index in [9.17, 15) is 17.6 Å². The van der Waals surface area contributed by atoms with Crippen molar-refractivity contribution in [1.82, 2.24) is 4.72 Å². The summed E-state index contributed by atoms with van der Waals surface area (Å²) in [4.78, 5) is 13.0. The zero-order valence-corrected chi connectivity index (χ0v) is 18.7. The van der Waals surface area contributed by atoms with Crippen LogP contribution in [0.25, 0.3) is 0 Å². The number of Topliss-reactive ketones (excluding diaryl/α,β-unsaturated/α-hetero) is 1. The number of fused-ring (bicyclic) bond motifs is 1. The highest BCUT2D eigenvalue weighted by Crippen LogP contribution is 2.40. The van der Waals surface area contributed by atoms with Gasteiger partial charge in [-0.15, -0.1) is 0 Å². The van der Waals surface area contributed by atoms with Crippen LogP contribution >= 0.6 is 0 Å². The number of halogens is 1. The molecule has 30 heavy (non-hydrogen) atoms. The van der Waals surface area contributed by atoms with Crippen LogP contribution in [0, 0.1) is 11.8 Å². The fraction of sp³-hybridized carbons (Fsp3) is 0.955. The molecule has 1 saturated heterocycles. The normalized spacial score (nSPS) is 43.2. The van der Waals surface area contributed by atoms with Crippen molar-refractivity contribution in [2.24, 2.45) is 11.8 Å². The van der Waals surface area contributed by atoms with Gasteiger partial charge in [-0.3, -0.25) is 4.79 Å². The standard InChI is InChI=1S/C22H36FNO5S/c1-28-20-5-3-2-4-17(20)22-13-19(25)18-12-15(8-11-21(18)29-22)24-30(26,27)16-9-6-14(23)7-10-16/h14-18,20-22,24H,2-13H2,1H3. The molecule has 0 spiro atoms. The molecule has 1 heterocycles. The summed E-state index contributed by atoms with van der Waals surface area (Å²) in [6.07, 6.45) is 7.16. The number of alkyl halides is 1. The SMILES string of the molecule is COC1CCCCC1C1CC(=O)C2CC(NS(=O)(=O)C3CCC(F)CC3)CCC2O1. The van der Waals surface area contributed by atoms with E-state index in [4.69, 9.17) is 9.47 Å². The molecule has 8 heteroatoms. The average molecular weight is 446 g/mol. The quantitative estimate of drug-likeness (QED) is 0.702. The zero-order valence-electron chi connectivity index (χ0n) is 17.9. The first-order valence-electron chi connectivity index (χ1n) is 11.7.